The molecule has 0 spiro atoms. The summed E-state index contributed by atoms with van der Waals surface area (Å²) >= 11 is 0. The normalized spacial score (nSPS) is 10.7. The lowest BCUT2D eigenvalue weighted by molar-refractivity contribution is -0.143. The second-order valence-electron chi connectivity index (χ2n) is 11.8. The van der Waals surface area contributed by atoms with E-state index in [1.807, 2.05) is 6.92 Å². The fraction of sp³-hybridized carbons (Fsp3) is 0.475. The Kier molecular flexibility index (Phi) is 18.3. The Labute approximate surface area is 286 Å². The predicted octanol–water partition coefficient (Wildman–Crippen LogP) is 9.93. The summed E-state index contributed by atoms with van der Waals surface area (Å²) in [6.07, 6.45) is 15.2. The van der Waals surface area contributed by atoms with Gasteiger partial charge in [-0.2, -0.15) is 0 Å². The maximum atomic E-state index is 12.7. The van der Waals surface area contributed by atoms with Crippen LogP contribution in [0.25, 0.3) is 0 Å². The van der Waals surface area contributed by atoms with Crippen molar-refractivity contribution in [3.05, 3.63) is 83.9 Å². The molecule has 0 unspecified atom stereocenters. The minimum absolute atomic E-state index is 0.115. The van der Waals surface area contributed by atoms with E-state index in [0.29, 0.717) is 54.6 Å². The second-order valence-corrected chi connectivity index (χ2v) is 11.8. The highest BCUT2D eigenvalue weighted by atomic mass is 16.5. The molecule has 0 fully saturated rings. The maximum Gasteiger partial charge on any atom is 0.343 e. The van der Waals surface area contributed by atoms with E-state index in [4.69, 9.17) is 23.7 Å². The molecular formula is C40H52O8. The topological polar surface area (TPSA) is 97.4 Å². The first kappa shape index (κ1) is 38.1. The summed E-state index contributed by atoms with van der Waals surface area (Å²) in [5.41, 5.74) is 0.744. The average molecular weight is 661 g/mol. The molecular weight excluding hydrogens is 608 g/mol. The average Bonchev–Trinajstić information content (AvgIpc) is 3.11. The lowest BCUT2D eigenvalue weighted by Gasteiger charge is -2.09. The number of hydrogen-bond acceptors (Lipinski definition) is 8. The molecule has 8 nitrogen and oxygen atoms in total. The van der Waals surface area contributed by atoms with Crippen molar-refractivity contribution >= 4 is 17.9 Å². The van der Waals surface area contributed by atoms with Crippen molar-refractivity contribution in [2.45, 2.75) is 104 Å². The molecule has 0 atom stereocenters. The van der Waals surface area contributed by atoms with Gasteiger partial charge in [0.25, 0.3) is 0 Å². The first-order valence-corrected chi connectivity index (χ1v) is 17.6. The van der Waals surface area contributed by atoms with Crippen LogP contribution in [0.5, 0.6) is 23.0 Å². The fourth-order valence-electron chi connectivity index (χ4n) is 4.92. The highest BCUT2D eigenvalue weighted by Gasteiger charge is 2.12. The Morgan fingerprint density at radius 1 is 0.438 bits per heavy atom. The molecule has 0 aliphatic heterocycles. The number of unbranched alkanes of at least 4 members (excludes halogenated alkanes) is 11. The van der Waals surface area contributed by atoms with E-state index in [2.05, 4.69) is 6.92 Å². The molecule has 0 bridgehead atoms. The van der Waals surface area contributed by atoms with E-state index in [-0.39, 0.29) is 5.97 Å². The van der Waals surface area contributed by atoms with Crippen LogP contribution < -0.4 is 18.9 Å². The van der Waals surface area contributed by atoms with E-state index in [0.717, 1.165) is 44.3 Å². The third-order valence-corrected chi connectivity index (χ3v) is 7.80. The van der Waals surface area contributed by atoms with Crippen LogP contribution in [0.15, 0.2) is 72.8 Å². The van der Waals surface area contributed by atoms with Gasteiger partial charge >= 0.3 is 17.9 Å². The smallest absolute Gasteiger partial charge is 0.343 e. The zero-order valence-electron chi connectivity index (χ0n) is 28.7. The van der Waals surface area contributed by atoms with Crippen LogP contribution in [0.4, 0.5) is 0 Å². The zero-order valence-corrected chi connectivity index (χ0v) is 28.7. The summed E-state index contributed by atoms with van der Waals surface area (Å²) in [7, 11) is 0. The minimum atomic E-state index is -0.507. The molecule has 3 aromatic rings. The van der Waals surface area contributed by atoms with Gasteiger partial charge in [0.2, 0.25) is 0 Å². The molecule has 0 saturated heterocycles. The Morgan fingerprint density at radius 3 is 1.23 bits per heavy atom. The molecule has 0 aliphatic rings. The van der Waals surface area contributed by atoms with Crippen LogP contribution in [0.1, 0.15) is 124 Å². The quantitative estimate of drug-likeness (QED) is 0.0532. The Morgan fingerprint density at radius 2 is 0.792 bits per heavy atom. The number of carbonyl (C=O) groups is 3. The number of rotatable bonds is 24. The second kappa shape index (κ2) is 23.1. The number of benzene rings is 3. The number of carbonyl (C=O) groups excluding carboxylic acids is 3. The van der Waals surface area contributed by atoms with Crippen LogP contribution in [0, 0.1) is 0 Å². The van der Waals surface area contributed by atoms with Gasteiger partial charge in [0, 0.05) is 6.42 Å². The van der Waals surface area contributed by atoms with Gasteiger partial charge in [0.05, 0.1) is 30.9 Å². The molecule has 0 amide bonds. The molecule has 8 heteroatoms. The summed E-state index contributed by atoms with van der Waals surface area (Å²) < 4.78 is 27.6. The van der Waals surface area contributed by atoms with Gasteiger partial charge in [-0.05, 0) is 92.1 Å². The van der Waals surface area contributed by atoms with Crippen molar-refractivity contribution in [3.63, 3.8) is 0 Å². The Hall–Kier alpha value is -4.33. The van der Waals surface area contributed by atoms with Gasteiger partial charge in [-0.15, -0.1) is 0 Å². The van der Waals surface area contributed by atoms with Gasteiger partial charge in [-0.25, -0.2) is 9.59 Å². The Balaban J connectivity index is 1.27. The molecule has 3 aromatic carbocycles. The standard InChI is InChI=1S/C40H52O8/c1-3-5-6-14-29-45-35-25-27-37(28-26-35)48-40(43)33-19-23-36(24-20-33)47-39(42)32-17-21-34(22-18-32)44-30-15-12-10-8-7-9-11-13-16-31-46-38(41)4-2/h17-28H,3-16,29-31H2,1-2H3. The van der Waals surface area contributed by atoms with Crippen LogP contribution in [-0.2, 0) is 9.53 Å². The highest BCUT2D eigenvalue weighted by molar-refractivity contribution is 5.92. The van der Waals surface area contributed by atoms with Crippen molar-refractivity contribution in [2.24, 2.45) is 0 Å². The van der Waals surface area contributed by atoms with E-state index >= 15 is 0 Å². The number of hydrogen-bond donors (Lipinski definition) is 0. The molecule has 0 aromatic heterocycles. The fourth-order valence-corrected chi connectivity index (χ4v) is 4.92. The minimum Gasteiger partial charge on any atom is -0.494 e. The van der Waals surface area contributed by atoms with E-state index in [1.54, 1.807) is 72.8 Å². The lowest BCUT2D eigenvalue weighted by Crippen LogP contribution is -2.10. The molecule has 260 valence electrons. The van der Waals surface area contributed by atoms with Gasteiger partial charge in [0.1, 0.15) is 23.0 Å². The van der Waals surface area contributed by atoms with Crippen molar-refractivity contribution < 1.29 is 38.1 Å². The summed E-state index contributed by atoms with van der Waals surface area (Å²) in [4.78, 5) is 36.3. The summed E-state index contributed by atoms with van der Waals surface area (Å²) in [6, 6.07) is 20.1. The van der Waals surface area contributed by atoms with Crippen molar-refractivity contribution in [3.8, 4) is 23.0 Å². The van der Waals surface area contributed by atoms with E-state index < -0.39 is 11.9 Å². The number of ether oxygens (including phenoxy) is 5. The van der Waals surface area contributed by atoms with Crippen molar-refractivity contribution in [2.75, 3.05) is 19.8 Å². The van der Waals surface area contributed by atoms with Gasteiger partial charge in [-0.3, -0.25) is 4.79 Å². The third-order valence-electron chi connectivity index (χ3n) is 7.80. The molecule has 0 radical (unpaired) electrons. The Bertz CT molecular complexity index is 1330. The first-order valence-electron chi connectivity index (χ1n) is 17.6. The highest BCUT2D eigenvalue weighted by Crippen LogP contribution is 2.21. The molecule has 0 saturated carbocycles. The maximum absolute atomic E-state index is 12.7. The lowest BCUT2D eigenvalue weighted by atomic mass is 10.1. The predicted molar refractivity (Wildman–Crippen MR) is 187 cm³/mol. The molecule has 3 rings (SSSR count). The third kappa shape index (κ3) is 15.5. The van der Waals surface area contributed by atoms with Crippen molar-refractivity contribution in [1.29, 1.82) is 0 Å². The summed E-state index contributed by atoms with van der Waals surface area (Å²) in [5.74, 6) is 1.08. The number of esters is 3. The van der Waals surface area contributed by atoms with Gasteiger partial charge in [0.15, 0.2) is 0 Å². The van der Waals surface area contributed by atoms with E-state index in [1.165, 1.54) is 44.9 Å². The van der Waals surface area contributed by atoms with E-state index in [9.17, 15) is 14.4 Å². The monoisotopic (exact) mass is 660 g/mol. The van der Waals surface area contributed by atoms with Crippen LogP contribution in [0.2, 0.25) is 0 Å². The summed E-state index contributed by atoms with van der Waals surface area (Å²) in [6.45, 7) is 5.83. The molecule has 0 aliphatic carbocycles. The van der Waals surface area contributed by atoms with Crippen LogP contribution in [0.3, 0.4) is 0 Å². The van der Waals surface area contributed by atoms with Crippen LogP contribution in [-0.4, -0.2) is 37.7 Å². The van der Waals surface area contributed by atoms with Gasteiger partial charge < -0.3 is 23.7 Å². The largest absolute Gasteiger partial charge is 0.494 e. The first-order chi connectivity index (χ1) is 23.5. The SMILES string of the molecule is CCCCCCOc1ccc(OC(=O)c2ccc(OC(=O)c3ccc(OCCCCCCCCCCCOC(=O)CC)cc3)cc2)cc1. The van der Waals surface area contributed by atoms with Crippen LogP contribution >= 0.6 is 0 Å². The van der Waals surface area contributed by atoms with Crippen molar-refractivity contribution in [1.82, 2.24) is 0 Å². The molecule has 0 heterocycles. The summed E-state index contributed by atoms with van der Waals surface area (Å²) in [5, 5.41) is 0. The van der Waals surface area contributed by atoms with Gasteiger partial charge in [-0.1, -0.05) is 78.1 Å². The zero-order chi connectivity index (χ0) is 34.2. The molecule has 48 heavy (non-hydrogen) atoms. The molecule has 0 N–H and O–H groups in total.